The molecule has 1 aliphatic rings. The van der Waals surface area contributed by atoms with Crippen molar-refractivity contribution in [2.24, 2.45) is 0 Å². The molecule has 1 fully saturated rings. The Morgan fingerprint density at radius 1 is 0.694 bits per heavy atom. The van der Waals surface area contributed by atoms with E-state index in [1.807, 2.05) is 20.2 Å². The van der Waals surface area contributed by atoms with Gasteiger partial charge >= 0.3 is 12.9 Å². The molecule has 0 bridgehead atoms. The molecule has 14 nitrogen and oxygen atoms in total. The van der Waals surface area contributed by atoms with Gasteiger partial charge in [-0.15, -0.1) is 20.4 Å². The van der Waals surface area contributed by atoms with Crippen LogP contribution < -0.4 is 8.61 Å². The first kappa shape index (κ1) is 45.6. The summed E-state index contributed by atoms with van der Waals surface area (Å²) < 4.78 is 115. The van der Waals surface area contributed by atoms with Gasteiger partial charge in [-0.2, -0.15) is 17.6 Å². The molecule has 2 aromatic heterocycles. The number of rotatable bonds is 17. The Balaban J connectivity index is 0.000000214. The van der Waals surface area contributed by atoms with Crippen molar-refractivity contribution < 1.29 is 43.2 Å². The lowest BCUT2D eigenvalue weighted by Crippen LogP contribution is -2.38. The summed E-state index contributed by atoms with van der Waals surface area (Å²) >= 11 is 0. The Hall–Kier alpha value is -5.96. The normalized spacial score (nSPS) is 14.6. The zero-order chi connectivity index (χ0) is 44.4. The Morgan fingerprint density at radius 3 is 1.55 bits per heavy atom. The van der Waals surface area contributed by atoms with Gasteiger partial charge in [-0.05, 0) is 86.7 Å². The molecule has 1 saturated heterocycles. The van der Waals surface area contributed by atoms with E-state index in [2.05, 4.69) is 36.8 Å². The van der Waals surface area contributed by atoms with Crippen molar-refractivity contribution in [1.82, 2.24) is 30.2 Å². The van der Waals surface area contributed by atoms with Crippen LogP contribution in [0, 0.1) is 0 Å². The molecule has 0 unspecified atom stereocenters. The van der Waals surface area contributed by atoms with Crippen molar-refractivity contribution in [3.05, 3.63) is 144 Å². The molecular formula is C42H44F4N8O6S2. The van der Waals surface area contributed by atoms with Crippen LogP contribution in [0.25, 0.3) is 22.9 Å². The lowest BCUT2D eigenvalue weighted by molar-refractivity contribution is 0.115. The maximum absolute atomic E-state index is 13.4. The molecule has 0 radical (unpaired) electrons. The molecule has 6 aromatic rings. The zero-order valence-electron chi connectivity index (χ0n) is 33.7. The molecular weight excluding hydrogens is 853 g/mol. The standard InChI is InChI=1S/C24H29F2N5O3S.C18H15F2N3O3S/c1-29(2)21-12-13-30(17-21)14-15-35(32,33)31(20-6-4-3-5-7-20)16-18-8-10-19(11-9-18)23-27-28-24(34-23)22(25)26;1-2-27(24,25)23(15-6-4-3-5-7-15)12-13-8-10-14(11-9-13)17-21-22-18(26-17)16(19)20/h3-11,21-22H,12-17H2,1-2H3;2-11,16H,1,12H2/t21-;/m1./s1. The number of aromatic nitrogens is 4. The second kappa shape index (κ2) is 20.3. The van der Waals surface area contributed by atoms with Gasteiger partial charge in [0.05, 0.1) is 30.2 Å². The highest BCUT2D eigenvalue weighted by atomic mass is 32.2. The Bertz CT molecular complexity index is 2580. The van der Waals surface area contributed by atoms with Crippen LogP contribution in [0.2, 0.25) is 0 Å². The van der Waals surface area contributed by atoms with Crippen LogP contribution in [0.3, 0.4) is 0 Å². The van der Waals surface area contributed by atoms with Gasteiger partial charge in [-0.3, -0.25) is 8.61 Å². The van der Waals surface area contributed by atoms with E-state index >= 15 is 0 Å². The largest absolute Gasteiger partial charge is 0.415 e. The molecule has 3 heterocycles. The van der Waals surface area contributed by atoms with Crippen LogP contribution >= 0.6 is 0 Å². The van der Waals surface area contributed by atoms with Crippen molar-refractivity contribution in [2.75, 3.05) is 48.1 Å². The minimum atomic E-state index is -3.71. The summed E-state index contributed by atoms with van der Waals surface area (Å²) in [5.41, 5.74) is 3.44. The van der Waals surface area contributed by atoms with Crippen LogP contribution in [-0.4, -0.2) is 92.6 Å². The molecule has 7 rings (SSSR count). The fourth-order valence-corrected chi connectivity index (χ4v) is 8.89. The molecule has 20 heteroatoms. The SMILES string of the molecule is C=CS(=O)(=O)N(Cc1ccc(-c2nnc(C(F)F)o2)cc1)c1ccccc1.CN(C)[C@@H]1CCN(CCS(=O)(=O)N(Cc2ccc(-c3nnc(C(F)F)o3)cc2)c2ccccc2)C1. The highest BCUT2D eigenvalue weighted by Crippen LogP contribution is 2.28. The number of likely N-dealkylation sites (tertiary alicyclic amines) is 1. The van der Waals surface area contributed by atoms with Crippen LogP contribution in [0.15, 0.2) is 130 Å². The van der Waals surface area contributed by atoms with E-state index in [0.29, 0.717) is 40.7 Å². The number of nitrogens with zero attached hydrogens (tertiary/aromatic N) is 8. The van der Waals surface area contributed by atoms with E-state index in [4.69, 9.17) is 8.83 Å². The minimum absolute atomic E-state index is 0.0124. The summed E-state index contributed by atoms with van der Waals surface area (Å²) in [5, 5.41) is 14.7. The van der Waals surface area contributed by atoms with Gasteiger partial charge in [-0.25, -0.2) is 16.8 Å². The summed E-state index contributed by atoms with van der Waals surface area (Å²) in [7, 11) is -3.23. The molecule has 0 amide bonds. The molecule has 0 saturated carbocycles. The smallest absolute Gasteiger partial charge is 0.314 e. The van der Waals surface area contributed by atoms with Gasteiger partial charge in [0, 0.05) is 35.7 Å². The summed E-state index contributed by atoms with van der Waals surface area (Å²) in [6.45, 7) is 5.80. The van der Waals surface area contributed by atoms with Crippen molar-refractivity contribution in [3.63, 3.8) is 0 Å². The van der Waals surface area contributed by atoms with E-state index < -0.39 is 44.7 Å². The molecule has 328 valence electrons. The number of hydrogen-bond acceptors (Lipinski definition) is 12. The summed E-state index contributed by atoms with van der Waals surface area (Å²) in [6, 6.07) is 31.3. The molecule has 1 aliphatic heterocycles. The predicted octanol–water partition coefficient (Wildman–Crippen LogP) is 7.80. The lowest BCUT2D eigenvalue weighted by atomic mass is 10.1. The number of benzene rings is 4. The monoisotopic (exact) mass is 896 g/mol. The van der Waals surface area contributed by atoms with Crippen molar-refractivity contribution >= 4 is 31.4 Å². The summed E-state index contributed by atoms with van der Waals surface area (Å²) in [4.78, 5) is 4.37. The number of sulfonamides is 2. The zero-order valence-corrected chi connectivity index (χ0v) is 35.3. The molecule has 0 spiro atoms. The van der Waals surface area contributed by atoms with E-state index in [0.717, 1.165) is 30.5 Å². The van der Waals surface area contributed by atoms with Crippen molar-refractivity contribution in [3.8, 4) is 22.9 Å². The number of para-hydroxylation sites is 2. The van der Waals surface area contributed by atoms with Crippen LogP contribution in [0.4, 0.5) is 28.9 Å². The van der Waals surface area contributed by atoms with Crippen LogP contribution in [0.1, 0.15) is 42.2 Å². The molecule has 0 N–H and O–H groups in total. The van der Waals surface area contributed by atoms with Gasteiger partial charge in [0.1, 0.15) is 0 Å². The third-order valence-electron chi connectivity index (χ3n) is 9.89. The highest BCUT2D eigenvalue weighted by molar-refractivity contribution is 7.95. The van der Waals surface area contributed by atoms with Crippen LogP contribution in [-0.2, 0) is 33.1 Å². The first-order valence-electron chi connectivity index (χ1n) is 19.2. The van der Waals surface area contributed by atoms with Crippen LogP contribution in [0.5, 0.6) is 0 Å². The van der Waals surface area contributed by atoms with E-state index in [1.165, 1.54) is 8.61 Å². The first-order chi connectivity index (χ1) is 29.6. The first-order valence-corrected chi connectivity index (χ1v) is 22.3. The van der Waals surface area contributed by atoms with Crippen molar-refractivity contribution in [2.45, 2.75) is 38.4 Å². The van der Waals surface area contributed by atoms with E-state index in [1.54, 1.807) is 103 Å². The topological polar surface area (TPSA) is 159 Å². The van der Waals surface area contributed by atoms with E-state index in [-0.39, 0.29) is 30.6 Å². The minimum Gasteiger partial charge on any atom is -0.415 e. The Kier molecular flexibility index (Phi) is 14.9. The molecule has 1 atom stereocenters. The second-order valence-corrected chi connectivity index (χ2v) is 18.1. The number of halogens is 4. The van der Waals surface area contributed by atoms with Gasteiger partial charge in [-0.1, -0.05) is 67.2 Å². The second-order valence-electron chi connectivity index (χ2n) is 14.3. The average molecular weight is 897 g/mol. The maximum atomic E-state index is 13.4. The molecule has 0 aliphatic carbocycles. The molecule has 4 aromatic carbocycles. The Morgan fingerprint density at radius 2 is 1.15 bits per heavy atom. The third kappa shape index (κ3) is 11.7. The number of anilines is 2. The summed E-state index contributed by atoms with van der Waals surface area (Å²) in [6.07, 6.45) is -4.65. The fraction of sp³-hybridized carbons (Fsp3) is 0.286. The molecule has 62 heavy (non-hydrogen) atoms. The van der Waals surface area contributed by atoms with Gasteiger partial charge in [0.15, 0.2) is 0 Å². The predicted molar refractivity (Wildman–Crippen MR) is 226 cm³/mol. The van der Waals surface area contributed by atoms with Crippen molar-refractivity contribution in [1.29, 1.82) is 0 Å². The number of likely N-dealkylation sites (N-methyl/N-ethyl adjacent to an activating group) is 1. The average Bonchev–Trinajstić information content (AvgIpc) is 4.08. The number of hydrogen-bond donors (Lipinski definition) is 0. The fourth-order valence-electron chi connectivity index (χ4n) is 6.46. The quantitative estimate of drug-likeness (QED) is 0.0820. The lowest BCUT2D eigenvalue weighted by Gasteiger charge is -2.26. The third-order valence-corrected chi connectivity index (χ3v) is 13.0. The maximum Gasteiger partial charge on any atom is 0.314 e. The van der Waals surface area contributed by atoms with Gasteiger partial charge in [0.2, 0.25) is 21.8 Å². The van der Waals surface area contributed by atoms with E-state index in [9.17, 15) is 34.4 Å². The Labute approximate surface area is 357 Å². The number of alkyl halides is 4. The summed E-state index contributed by atoms with van der Waals surface area (Å²) in [5.74, 6) is -1.52. The highest BCUT2D eigenvalue weighted by Gasteiger charge is 2.28. The van der Waals surface area contributed by atoms with Gasteiger partial charge < -0.3 is 18.6 Å². The van der Waals surface area contributed by atoms with Gasteiger partial charge in [0.25, 0.3) is 21.8 Å².